The second kappa shape index (κ2) is 5.82. The number of rotatable bonds is 2. The Morgan fingerprint density at radius 3 is 2.88 bits per heavy atom. The molecule has 1 aliphatic rings. The maximum atomic E-state index is 12.1. The van der Waals surface area contributed by atoms with Crippen LogP contribution >= 0.6 is 0 Å². The van der Waals surface area contributed by atoms with Crippen molar-refractivity contribution in [2.75, 3.05) is 13.1 Å². The van der Waals surface area contributed by atoms with Gasteiger partial charge in [0, 0.05) is 25.6 Å². The van der Waals surface area contributed by atoms with Gasteiger partial charge in [-0.1, -0.05) is 30.3 Å². The van der Waals surface area contributed by atoms with Crippen molar-refractivity contribution in [2.24, 2.45) is 0 Å². The zero-order chi connectivity index (χ0) is 12.1. The summed E-state index contributed by atoms with van der Waals surface area (Å²) in [5.74, 6) is 0.258. The van der Waals surface area contributed by atoms with E-state index in [0.29, 0.717) is 12.5 Å². The second-order valence-electron chi connectivity index (χ2n) is 4.71. The maximum Gasteiger partial charge on any atom is 0.224 e. The van der Waals surface area contributed by atoms with Crippen LogP contribution in [0.5, 0.6) is 0 Å². The molecule has 0 saturated carbocycles. The van der Waals surface area contributed by atoms with Gasteiger partial charge in [-0.25, -0.2) is 0 Å². The molecule has 1 aromatic rings. The molecule has 0 aliphatic carbocycles. The SMILES string of the molecule is CC1CC(=O)N(Cc2ccccc2)CCCN1. The van der Waals surface area contributed by atoms with Crippen LogP contribution in [0.25, 0.3) is 0 Å². The molecular weight excluding hydrogens is 212 g/mol. The van der Waals surface area contributed by atoms with E-state index in [1.54, 1.807) is 0 Å². The predicted octanol–water partition coefficient (Wildman–Crippen LogP) is 1.79. The van der Waals surface area contributed by atoms with E-state index in [0.717, 1.165) is 26.1 Å². The third-order valence-electron chi connectivity index (χ3n) is 3.15. The highest BCUT2D eigenvalue weighted by atomic mass is 16.2. The molecule has 92 valence electrons. The molecule has 3 nitrogen and oxygen atoms in total. The highest BCUT2D eigenvalue weighted by Crippen LogP contribution is 2.09. The maximum absolute atomic E-state index is 12.1. The summed E-state index contributed by atoms with van der Waals surface area (Å²) in [5.41, 5.74) is 1.21. The molecule has 1 aliphatic heterocycles. The van der Waals surface area contributed by atoms with E-state index in [-0.39, 0.29) is 5.91 Å². The molecule has 0 radical (unpaired) electrons. The average molecular weight is 232 g/mol. The van der Waals surface area contributed by atoms with Gasteiger partial charge < -0.3 is 10.2 Å². The highest BCUT2D eigenvalue weighted by molar-refractivity contribution is 5.76. The van der Waals surface area contributed by atoms with Gasteiger partial charge in [0.25, 0.3) is 0 Å². The molecule has 2 rings (SSSR count). The second-order valence-corrected chi connectivity index (χ2v) is 4.71. The molecule has 17 heavy (non-hydrogen) atoms. The minimum Gasteiger partial charge on any atom is -0.338 e. The Kier molecular flexibility index (Phi) is 4.15. The zero-order valence-electron chi connectivity index (χ0n) is 10.4. The smallest absolute Gasteiger partial charge is 0.224 e. The van der Waals surface area contributed by atoms with Crippen LogP contribution in [0.2, 0.25) is 0 Å². The number of benzene rings is 1. The number of amides is 1. The zero-order valence-corrected chi connectivity index (χ0v) is 10.4. The summed E-state index contributed by atoms with van der Waals surface area (Å²) in [7, 11) is 0. The topological polar surface area (TPSA) is 32.3 Å². The van der Waals surface area contributed by atoms with Crippen LogP contribution in [0, 0.1) is 0 Å². The van der Waals surface area contributed by atoms with Crippen molar-refractivity contribution in [1.82, 2.24) is 10.2 Å². The number of hydrogen-bond acceptors (Lipinski definition) is 2. The van der Waals surface area contributed by atoms with Crippen LogP contribution < -0.4 is 5.32 Å². The largest absolute Gasteiger partial charge is 0.338 e. The van der Waals surface area contributed by atoms with Gasteiger partial charge in [0.2, 0.25) is 5.91 Å². The molecule has 0 spiro atoms. The van der Waals surface area contributed by atoms with Crippen molar-refractivity contribution >= 4 is 5.91 Å². The van der Waals surface area contributed by atoms with Crippen LogP contribution in [0.4, 0.5) is 0 Å². The molecule has 1 atom stereocenters. The van der Waals surface area contributed by atoms with Crippen molar-refractivity contribution in [2.45, 2.75) is 32.4 Å². The number of nitrogens with one attached hydrogen (secondary N) is 1. The van der Waals surface area contributed by atoms with Gasteiger partial charge >= 0.3 is 0 Å². The lowest BCUT2D eigenvalue weighted by Crippen LogP contribution is -2.41. The summed E-state index contributed by atoms with van der Waals surface area (Å²) in [6, 6.07) is 10.5. The van der Waals surface area contributed by atoms with E-state index in [9.17, 15) is 4.79 Å². The number of carbonyl (C=O) groups is 1. The summed E-state index contributed by atoms with van der Waals surface area (Å²) >= 11 is 0. The molecule has 0 aromatic heterocycles. The van der Waals surface area contributed by atoms with Gasteiger partial charge in [0.15, 0.2) is 0 Å². The molecule has 1 fully saturated rings. The molecule has 1 saturated heterocycles. The third kappa shape index (κ3) is 3.56. The summed E-state index contributed by atoms with van der Waals surface area (Å²) in [6.45, 7) is 4.67. The van der Waals surface area contributed by atoms with Crippen molar-refractivity contribution in [3.8, 4) is 0 Å². The van der Waals surface area contributed by atoms with E-state index in [4.69, 9.17) is 0 Å². The van der Waals surface area contributed by atoms with Crippen molar-refractivity contribution < 1.29 is 4.79 Å². The Bertz CT molecular complexity index is 364. The van der Waals surface area contributed by atoms with Crippen LogP contribution in [0.1, 0.15) is 25.3 Å². The number of carbonyl (C=O) groups excluding carboxylic acids is 1. The van der Waals surface area contributed by atoms with Gasteiger partial charge in [0.05, 0.1) is 0 Å². The lowest BCUT2D eigenvalue weighted by molar-refractivity contribution is -0.132. The minimum absolute atomic E-state index is 0.258. The lowest BCUT2D eigenvalue weighted by atomic mass is 10.1. The number of hydrogen-bond donors (Lipinski definition) is 1. The highest BCUT2D eigenvalue weighted by Gasteiger charge is 2.18. The van der Waals surface area contributed by atoms with E-state index < -0.39 is 0 Å². The Morgan fingerprint density at radius 1 is 1.35 bits per heavy atom. The van der Waals surface area contributed by atoms with Gasteiger partial charge in [-0.15, -0.1) is 0 Å². The van der Waals surface area contributed by atoms with Crippen LogP contribution in [-0.2, 0) is 11.3 Å². The van der Waals surface area contributed by atoms with Gasteiger partial charge in [-0.3, -0.25) is 4.79 Å². The molecular formula is C14H20N2O. The van der Waals surface area contributed by atoms with Crippen molar-refractivity contribution in [3.63, 3.8) is 0 Å². The average Bonchev–Trinajstić information content (AvgIpc) is 2.32. The fourth-order valence-corrected chi connectivity index (χ4v) is 2.18. The van der Waals surface area contributed by atoms with Crippen LogP contribution in [-0.4, -0.2) is 29.9 Å². The standard InChI is InChI=1S/C14H20N2O/c1-12-10-14(17)16(9-5-8-15-12)11-13-6-3-2-4-7-13/h2-4,6-7,12,15H,5,8-11H2,1H3. The monoisotopic (exact) mass is 232 g/mol. The fraction of sp³-hybridized carbons (Fsp3) is 0.500. The third-order valence-corrected chi connectivity index (χ3v) is 3.15. The van der Waals surface area contributed by atoms with Gasteiger partial charge in [-0.05, 0) is 25.5 Å². The summed E-state index contributed by atoms with van der Waals surface area (Å²) < 4.78 is 0. The lowest BCUT2D eigenvalue weighted by Gasteiger charge is -2.27. The van der Waals surface area contributed by atoms with Crippen molar-refractivity contribution in [1.29, 1.82) is 0 Å². The first-order valence-electron chi connectivity index (χ1n) is 6.31. The molecule has 1 aromatic carbocycles. The Hall–Kier alpha value is -1.35. The van der Waals surface area contributed by atoms with E-state index in [1.165, 1.54) is 5.56 Å². The molecule has 0 bridgehead atoms. The summed E-state index contributed by atoms with van der Waals surface area (Å²) in [6.07, 6.45) is 1.63. The molecule has 3 heteroatoms. The van der Waals surface area contributed by atoms with E-state index >= 15 is 0 Å². The molecule has 1 N–H and O–H groups in total. The predicted molar refractivity (Wildman–Crippen MR) is 68.6 cm³/mol. The van der Waals surface area contributed by atoms with E-state index in [1.807, 2.05) is 23.1 Å². The molecule has 1 unspecified atom stereocenters. The Labute approximate surface area is 103 Å². The Balaban J connectivity index is 2.00. The first-order valence-corrected chi connectivity index (χ1v) is 6.31. The van der Waals surface area contributed by atoms with Crippen LogP contribution in [0.3, 0.4) is 0 Å². The van der Waals surface area contributed by atoms with Gasteiger partial charge in [-0.2, -0.15) is 0 Å². The quantitative estimate of drug-likeness (QED) is 0.843. The first kappa shape index (κ1) is 12.1. The number of nitrogens with zero attached hydrogens (tertiary/aromatic N) is 1. The van der Waals surface area contributed by atoms with Crippen LogP contribution in [0.15, 0.2) is 30.3 Å². The first-order chi connectivity index (χ1) is 8.25. The minimum atomic E-state index is 0.258. The van der Waals surface area contributed by atoms with Crippen molar-refractivity contribution in [3.05, 3.63) is 35.9 Å². The van der Waals surface area contributed by atoms with Gasteiger partial charge in [0.1, 0.15) is 0 Å². The van der Waals surface area contributed by atoms with E-state index in [2.05, 4.69) is 24.4 Å². The Morgan fingerprint density at radius 2 is 2.12 bits per heavy atom. The fourth-order valence-electron chi connectivity index (χ4n) is 2.18. The summed E-state index contributed by atoms with van der Waals surface area (Å²) in [4.78, 5) is 14.0. The summed E-state index contributed by atoms with van der Waals surface area (Å²) in [5, 5.41) is 3.35. The molecule has 1 amide bonds. The molecule has 1 heterocycles. The normalized spacial score (nSPS) is 22.1.